The molecule has 2 rings (SSSR count). The summed E-state index contributed by atoms with van der Waals surface area (Å²) in [4.78, 5) is 6.63. The standard InChI is InChI=1S/C7H2Cl2F3N3O/c8-2-1-3-5(13-4(2)9)14-6(15(3)16)7(10,11)12/h1,16H. The van der Waals surface area contributed by atoms with E-state index in [4.69, 9.17) is 23.2 Å². The summed E-state index contributed by atoms with van der Waals surface area (Å²) >= 11 is 11.1. The molecule has 0 aliphatic rings. The second-order valence-corrected chi connectivity index (χ2v) is 3.61. The number of aromatic nitrogens is 3. The van der Waals surface area contributed by atoms with E-state index in [1.807, 2.05) is 0 Å². The smallest absolute Gasteiger partial charge is 0.426 e. The highest BCUT2D eigenvalue weighted by Crippen LogP contribution is 2.32. The molecule has 0 spiro atoms. The van der Waals surface area contributed by atoms with Gasteiger partial charge in [-0.15, -0.1) is 0 Å². The lowest BCUT2D eigenvalue weighted by Crippen LogP contribution is -2.12. The SMILES string of the molecule is On1c(C(F)(F)F)nc2nc(Cl)c(Cl)cc21. The molecule has 2 aromatic rings. The first kappa shape index (κ1) is 11.3. The van der Waals surface area contributed by atoms with Gasteiger partial charge in [0.05, 0.1) is 5.02 Å². The highest BCUT2D eigenvalue weighted by Gasteiger charge is 2.38. The zero-order valence-electron chi connectivity index (χ0n) is 7.26. The second kappa shape index (κ2) is 3.39. The Kier molecular flexibility index (Phi) is 2.39. The first-order valence-corrected chi connectivity index (χ1v) is 4.57. The van der Waals surface area contributed by atoms with E-state index >= 15 is 0 Å². The number of pyridine rings is 1. The summed E-state index contributed by atoms with van der Waals surface area (Å²) in [7, 11) is 0. The molecule has 0 fully saturated rings. The molecule has 0 bridgehead atoms. The molecular weight excluding hydrogens is 270 g/mol. The zero-order chi connectivity index (χ0) is 12.1. The van der Waals surface area contributed by atoms with Crippen LogP contribution in [0.1, 0.15) is 5.82 Å². The summed E-state index contributed by atoms with van der Waals surface area (Å²) in [6.45, 7) is 0. The van der Waals surface area contributed by atoms with Gasteiger partial charge in [-0.1, -0.05) is 23.2 Å². The Hall–Kier alpha value is -1.21. The van der Waals surface area contributed by atoms with E-state index in [1.165, 1.54) is 0 Å². The molecule has 86 valence electrons. The molecule has 0 aliphatic carbocycles. The van der Waals surface area contributed by atoms with Crippen LogP contribution in [0.4, 0.5) is 13.2 Å². The first-order chi connectivity index (χ1) is 7.30. The van der Waals surface area contributed by atoms with Gasteiger partial charge >= 0.3 is 6.18 Å². The van der Waals surface area contributed by atoms with Crippen LogP contribution in [-0.4, -0.2) is 19.9 Å². The number of hydrogen-bond donors (Lipinski definition) is 1. The average molecular weight is 272 g/mol. The third kappa shape index (κ3) is 1.65. The Morgan fingerprint density at radius 3 is 2.44 bits per heavy atom. The van der Waals surface area contributed by atoms with E-state index < -0.39 is 12.0 Å². The summed E-state index contributed by atoms with van der Waals surface area (Å²) in [6.07, 6.45) is -4.78. The molecule has 0 saturated carbocycles. The van der Waals surface area contributed by atoms with Gasteiger partial charge in [0, 0.05) is 0 Å². The fourth-order valence-electron chi connectivity index (χ4n) is 1.13. The van der Waals surface area contributed by atoms with Crippen LogP contribution in [0.3, 0.4) is 0 Å². The van der Waals surface area contributed by atoms with Crippen molar-refractivity contribution < 1.29 is 18.4 Å². The minimum atomic E-state index is -4.78. The van der Waals surface area contributed by atoms with Gasteiger partial charge in [0.25, 0.3) is 5.82 Å². The van der Waals surface area contributed by atoms with Crippen molar-refractivity contribution in [3.63, 3.8) is 0 Å². The Balaban J connectivity index is 2.79. The number of alkyl halides is 3. The van der Waals surface area contributed by atoms with Crippen molar-refractivity contribution in [2.24, 2.45) is 0 Å². The van der Waals surface area contributed by atoms with Gasteiger partial charge in [0.2, 0.25) is 0 Å². The van der Waals surface area contributed by atoms with Crippen molar-refractivity contribution in [3.05, 3.63) is 22.1 Å². The highest BCUT2D eigenvalue weighted by atomic mass is 35.5. The Labute approximate surface area is 96.2 Å². The summed E-state index contributed by atoms with van der Waals surface area (Å²) in [6, 6.07) is 1.05. The number of fused-ring (bicyclic) bond motifs is 1. The Morgan fingerprint density at radius 2 is 1.88 bits per heavy atom. The van der Waals surface area contributed by atoms with Gasteiger partial charge in [-0.25, -0.2) is 9.97 Å². The van der Waals surface area contributed by atoms with E-state index in [1.54, 1.807) is 0 Å². The number of halogens is 5. The molecule has 1 N–H and O–H groups in total. The lowest BCUT2D eigenvalue weighted by Gasteiger charge is -2.03. The number of nitrogens with zero attached hydrogens (tertiary/aromatic N) is 3. The van der Waals surface area contributed by atoms with E-state index in [9.17, 15) is 18.4 Å². The largest absolute Gasteiger partial charge is 0.453 e. The van der Waals surface area contributed by atoms with Crippen molar-refractivity contribution in [1.82, 2.24) is 14.7 Å². The molecule has 0 radical (unpaired) electrons. The fourth-order valence-corrected chi connectivity index (χ4v) is 1.41. The van der Waals surface area contributed by atoms with Gasteiger partial charge in [0.1, 0.15) is 10.7 Å². The van der Waals surface area contributed by atoms with Gasteiger partial charge in [0.15, 0.2) is 5.65 Å². The Morgan fingerprint density at radius 1 is 1.25 bits per heavy atom. The zero-order valence-corrected chi connectivity index (χ0v) is 8.77. The normalized spacial score (nSPS) is 12.3. The average Bonchev–Trinajstić information content (AvgIpc) is 2.45. The van der Waals surface area contributed by atoms with E-state index in [0.717, 1.165) is 6.07 Å². The predicted molar refractivity (Wildman–Crippen MR) is 49.7 cm³/mol. The summed E-state index contributed by atoms with van der Waals surface area (Å²) in [5.74, 6) is -1.48. The minimum Gasteiger partial charge on any atom is -0.426 e. The lowest BCUT2D eigenvalue weighted by atomic mass is 10.4. The lowest BCUT2D eigenvalue weighted by molar-refractivity contribution is -0.153. The first-order valence-electron chi connectivity index (χ1n) is 3.81. The monoisotopic (exact) mass is 271 g/mol. The number of imidazole rings is 1. The Bertz CT molecular complexity index is 566. The van der Waals surface area contributed by atoms with E-state index in [0.29, 0.717) is 0 Å². The van der Waals surface area contributed by atoms with E-state index in [2.05, 4.69) is 9.97 Å². The maximum atomic E-state index is 12.4. The predicted octanol–water partition coefficient (Wildman–Crippen LogP) is 2.99. The molecule has 0 aromatic carbocycles. The summed E-state index contributed by atoms with van der Waals surface area (Å²) < 4.78 is 36.9. The van der Waals surface area contributed by atoms with Crippen LogP contribution >= 0.6 is 23.2 Å². The van der Waals surface area contributed by atoms with Crippen LogP contribution in [-0.2, 0) is 6.18 Å². The van der Waals surface area contributed by atoms with Crippen LogP contribution in [0.5, 0.6) is 0 Å². The van der Waals surface area contributed by atoms with Crippen LogP contribution < -0.4 is 0 Å². The molecule has 2 heterocycles. The maximum Gasteiger partial charge on any atom is 0.453 e. The van der Waals surface area contributed by atoms with Crippen LogP contribution in [0.25, 0.3) is 11.2 Å². The molecular formula is C7H2Cl2F3N3O. The molecule has 0 unspecified atom stereocenters. The number of rotatable bonds is 0. The van der Waals surface area contributed by atoms with Crippen LogP contribution in [0.2, 0.25) is 10.2 Å². The highest BCUT2D eigenvalue weighted by molar-refractivity contribution is 6.41. The molecule has 0 amide bonds. The van der Waals surface area contributed by atoms with Crippen molar-refractivity contribution in [2.75, 3.05) is 0 Å². The minimum absolute atomic E-state index is 0.0712. The van der Waals surface area contributed by atoms with Crippen LogP contribution in [0.15, 0.2) is 6.07 Å². The van der Waals surface area contributed by atoms with Crippen molar-refractivity contribution in [3.8, 4) is 0 Å². The van der Waals surface area contributed by atoms with Crippen LogP contribution in [0, 0.1) is 0 Å². The molecule has 2 aromatic heterocycles. The fraction of sp³-hybridized carbons (Fsp3) is 0.143. The third-order valence-electron chi connectivity index (χ3n) is 1.79. The molecule has 9 heteroatoms. The van der Waals surface area contributed by atoms with Crippen molar-refractivity contribution in [2.45, 2.75) is 6.18 Å². The summed E-state index contributed by atoms with van der Waals surface area (Å²) in [5.41, 5.74) is -0.592. The maximum absolute atomic E-state index is 12.4. The molecule has 4 nitrogen and oxygen atoms in total. The van der Waals surface area contributed by atoms with Crippen molar-refractivity contribution >= 4 is 34.4 Å². The van der Waals surface area contributed by atoms with Gasteiger partial charge in [-0.3, -0.25) is 0 Å². The van der Waals surface area contributed by atoms with Gasteiger partial charge in [-0.2, -0.15) is 17.9 Å². The number of hydrogen-bond acceptors (Lipinski definition) is 3. The summed E-state index contributed by atoms with van der Waals surface area (Å²) in [5, 5.41) is 8.98. The van der Waals surface area contributed by atoms with Crippen molar-refractivity contribution in [1.29, 1.82) is 0 Å². The molecule has 0 aliphatic heterocycles. The quantitative estimate of drug-likeness (QED) is 0.592. The van der Waals surface area contributed by atoms with E-state index in [-0.39, 0.29) is 26.1 Å². The van der Waals surface area contributed by atoms with Gasteiger partial charge in [-0.05, 0) is 6.07 Å². The second-order valence-electron chi connectivity index (χ2n) is 2.85. The molecule has 0 atom stereocenters. The van der Waals surface area contributed by atoms with Gasteiger partial charge < -0.3 is 5.21 Å². The molecule has 0 saturated heterocycles. The molecule has 16 heavy (non-hydrogen) atoms. The third-order valence-corrected chi connectivity index (χ3v) is 2.46. The topological polar surface area (TPSA) is 50.9 Å².